The van der Waals surface area contributed by atoms with E-state index in [4.69, 9.17) is 26.6 Å². The number of fused-ring (bicyclic) bond motifs is 4. The van der Waals surface area contributed by atoms with Crippen LogP contribution in [0.15, 0.2) is 53.3 Å². The smallest absolute Gasteiger partial charge is 0.265 e. The van der Waals surface area contributed by atoms with Crippen LogP contribution in [0.2, 0.25) is 5.02 Å². The summed E-state index contributed by atoms with van der Waals surface area (Å²) >= 11 is 6.12. The number of hydrogen-bond donors (Lipinski definition) is 0. The van der Waals surface area contributed by atoms with Crippen molar-refractivity contribution in [2.45, 2.75) is 46.1 Å². The van der Waals surface area contributed by atoms with Crippen molar-refractivity contribution in [2.75, 3.05) is 0 Å². The summed E-state index contributed by atoms with van der Waals surface area (Å²) in [4.78, 5) is 28.3. The molecule has 0 unspecified atom stereocenters. The fraction of sp³-hybridized carbons (Fsp3) is 0.280. The quantitative estimate of drug-likeness (QED) is 0.308. The Kier molecular flexibility index (Phi) is 5.39. The van der Waals surface area contributed by atoms with E-state index in [2.05, 4.69) is 6.92 Å². The number of benzene rings is 2. The lowest BCUT2D eigenvalue weighted by Crippen LogP contribution is -2.24. The Labute approximate surface area is 190 Å². The molecule has 32 heavy (non-hydrogen) atoms. The Hall–Kier alpha value is -3.25. The summed E-state index contributed by atoms with van der Waals surface area (Å²) < 4.78 is 3.69. The lowest BCUT2D eigenvalue weighted by Gasteiger charge is -2.11. The highest BCUT2D eigenvalue weighted by Crippen LogP contribution is 2.29. The molecular weight excluding hydrogens is 422 g/mol. The fourth-order valence-corrected chi connectivity index (χ4v) is 4.35. The molecule has 0 spiro atoms. The predicted octanol–water partition coefficient (Wildman–Crippen LogP) is 5.83. The van der Waals surface area contributed by atoms with Crippen LogP contribution in [0, 0.1) is 6.92 Å². The molecule has 0 bridgehead atoms. The third-order valence-corrected chi connectivity index (χ3v) is 6.13. The van der Waals surface area contributed by atoms with Gasteiger partial charge in [-0.05, 0) is 49.7 Å². The molecule has 6 nitrogen and oxygen atoms in total. The van der Waals surface area contributed by atoms with Gasteiger partial charge in [-0.2, -0.15) is 0 Å². The second-order valence-electron chi connectivity index (χ2n) is 8.07. The highest BCUT2D eigenvalue weighted by Gasteiger charge is 2.22. The van der Waals surface area contributed by atoms with Crippen molar-refractivity contribution in [2.24, 2.45) is 0 Å². The standard InChI is InChI=1S/C25H24ClN5O/c1-3-4-5-8-15-30-16(2)27-23-21(25(30)32)22-24(29-20-10-7-6-9-19(20)28-22)31(23)18-13-11-17(26)12-14-18/h6-7,9-14H,3-5,8,15H2,1-2H3. The molecule has 0 amide bonds. The summed E-state index contributed by atoms with van der Waals surface area (Å²) in [7, 11) is 0. The van der Waals surface area contributed by atoms with Crippen LogP contribution in [-0.2, 0) is 6.54 Å². The summed E-state index contributed by atoms with van der Waals surface area (Å²) in [6, 6.07) is 15.2. The number of aryl methyl sites for hydroxylation is 1. The Morgan fingerprint density at radius 1 is 0.875 bits per heavy atom. The fourth-order valence-electron chi connectivity index (χ4n) is 4.23. The van der Waals surface area contributed by atoms with Gasteiger partial charge in [0.05, 0.1) is 11.0 Å². The van der Waals surface area contributed by atoms with Crippen molar-refractivity contribution in [3.8, 4) is 5.69 Å². The van der Waals surface area contributed by atoms with E-state index in [0.717, 1.165) is 42.4 Å². The number of rotatable bonds is 6. The largest absolute Gasteiger partial charge is 0.296 e. The molecule has 0 aliphatic rings. The van der Waals surface area contributed by atoms with Gasteiger partial charge < -0.3 is 0 Å². The monoisotopic (exact) mass is 445 g/mol. The lowest BCUT2D eigenvalue weighted by atomic mass is 10.2. The topological polar surface area (TPSA) is 65.6 Å². The number of aromatic nitrogens is 5. The van der Waals surface area contributed by atoms with Gasteiger partial charge in [-0.25, -0.2) is 15.0 Å². The second kappa shape index (κ2) is 8.36. The van der Waals surface area contributed by atoms with Crippen LogP contribution in [0.3, 0.4) is 0 Å². The molecule has 0 fully saturated rings. The van der Waals surface area contributed by atoms with Gasteiger partial charge in [-0.15, -0.1) is 0 Å². The maximum absolute atomic E-state index is 13.7. The van der Waals surface area contributed by atoms with Crippen LogP contribution in [0.1, 0.15) is 38.4 Å². The minimum absolute atomic E-state index is 0.0636. The van der Waals surface area contributed by atoms with Crippen molar-refractivity contribution in [3.63, 3.8) is 0 Å². The van der Waals surface area contributed by atoms with Crippen LogP contribution < -0.4 is 5.56 Å². The Morgan fingerprint density at radius 2 is 1.59 bits per heavy atom. The van der Waals surface area contributed by atoms with E-state index in [1.165, 1.54) is 0 Å². The number of nitrogens with zero attached hydrogens (tertiary/aromatic N) is 5. The van der Waals surface area contributed by atoms with Crippen LogP contribution in [-0.4, -0.2) is 24.1 Å². The van der Waals surface area contributed by atoms with E-state index in [-0.39, 0.29) is 5.56 Å². The Morgan fingerprint density at radius 3 is 2.31 bits per heavy atom. The third kappa shape index (κ3) is 3.45. The molecule has 0 atom stereocenters. The zero-order chi connectivity index (χ0) is 22.2. The molecule has 0 N–H and O–H groups in total. The average Bonchev–Trinajstić information content (AvgIpc) is 3.10. The van der Waals surface area contributed by atoms with Gasteiger partial charge in [0, 0.05) is 17.3 Å². The van der Waals surface area contributed by atoms with Crippen LogP contribution in [0.5, 0.6) is 0 Å². The van der Waals surface area contributed by atoms with Gasteiger partial charge in [0.15, 0.2) is 11.3 Å². The summed E-state index contributed by atoms with van der Waals surface area (Å²) in [5, 5.41) is 1.15. The van der Waals surface area contributed by atoms with Gasteiger partial charge in [0.1, 0.15) is 16.7 Å². The van der Waals surface area contributed by atoms with Gasteiger partial charge in [-0.3, -0.25) is 13.9 Å². The molecule has 7 heteroatoms. The minimum atomic E-state index is -0.0636. The molecule has 2 aromatic carbocycles. The highest BCUT2D eigenvalue weighted by molar-refractivity contribution is 6.30. The first-order valence-electron chi connectivity index (χ1n) is 11.0. The number of unbranched alkanes of at least 4 members (excludes halogenated alkanes) is 3. The number of hydrogen-bond acceptors (Lipinski definition) is 4. The molecule has 162 valence electrons. The van der Waals surface area contributed by atoms with Crippen molar-refractivity contribution >= 4 is 44.8 Å². The molecule has 0 aliphatic heterocycles. The normalized spacial score (nSPS) is 11.7. The minimum Gasteiger partial charge on any atom is -0.296 e. The molecule has 5 rings (SSSR count). The summed E-state index contributed by atoms with van der Waals surface area (Å²) in [5.74, 6) is 0.696. The van der Waals surface area contributed by atoms with E-state index in [1.54, 1.807) is 4.57 Å². The maximum Gasteiger partial charge on any atom is 0.265 e. The van der Waals surface area contributed by atoms with Gasteiger partial charge in [-0.1, -0.05) is 49.9 Å². The second-order valence-corrected chi connectivity index (χ2v) is 8.51. The van der Waals surface area contributed by atoms with Crippen molar-refractivity contribution < 1.29 is 0 Å². The molecule has 0 saturated carbocycles. The van der Waals surface area contributed by atoms with Crippen molar-refractivity contribution in [1.82, 2.24) is 24.1 Å². The van der Waals surface area contributed by atoms with E-state index >= 15 is 0 Å². The van der Waals surface area contributed by atoms with E-state index in [0.29, 0.717) is 39.6 Å². The first-order valence-corrected chi connectivity index (χ1v) is 11.4. The average molecular weight is 446 g/mol. The first kappa shape index (κ1) is 20.6. The maximum atomic E-state index is 13.7. The van der Waals surface area contributed by atoms with Crippen molar-refractivity contribution in [1.29, 1.82) is 0 Å². The first-order chi connectivity index (χ1) is 15.6. The third-order valence-electron chi connectivity index (χ3n) is 5.87. The van der Waals surface area contributed by atoms with Crippen LogP contribution >= 0.6 is 11.6 Å². The number of halogens is 1. The molecule has 3 heterocycles. The van der Waals surface area contributed by atoms with E-state index in [9.17, 15) is 4.79 Å². The predicted molar refractivity (Wildman–Crippen MR) is 130 cm³/mol. The molecule has 0 saturated heterocycles. The van der Waals surface area contributed by atoms with Crippen LogP contribution in [0.25, 0.3) is 38.9 Å². The number of para-hydroxylation sites is 2. The van der Waals surface area contributed by atoms with Gasteiger partial charge in [0.2, 0.25) is 0 Å². The summed E-state index contributed by atoms with van der Waals surface area (Å²) in [5.41, 5.74) is 4.07. The van der Waals surface area contributed by atoms with E-state index in [1.807, 2.05) is 60.0 Å². The Balaban J connectivity index is 1.83. The van der Waals surface area contributed by atoms with Gasteiger partial charge in [0.25, 0.3) is 5.56 Å². The summed E-state index contributed by atoms with van der Waals surface area (Å²) in [6.07, 6.45) is 4.36. The lowest BCUT2D eigenvalue weighted by molar-refractivity contribution is 0.556. The highest BCUT2D eigenvalue weighted by atomic mass is 35.5. The zero-order valence-corrected chi connectivity index (χ0v) is 18.9. The van der Waals surface area contributed by atoms with Crippen LogP contribution in [0.4, 0.5) is 0 Å². The molecule has 0 radical (unpaired) electrons. The van der Waals surface area contributed by atoms with E-state index < -0.39 is 0 Å². The molecular formula is C25H24ClN5O. The molecule has 0 aliphatic carbocycles. The molecule has 3 aromatic heterocycles. The van der Waals surface area contributed by atoms with Gasteiger partial charge >= 0.3 is 0 Å². The summed E-state index contributed by atoms with van der Waals surface area (Å²) in [6.45, 7) is 4.73. The SMILES string of the molecule is CCCCCCn1c(C)nc2c(c1=O)c1nc3ccccc3nc1n2-c1ccc(Cl)cc1. The molecule has 5 aromatic rings. The Bertz CT molecular complexity index is 1500. The van der Waals surface area contributed by atoms with Crippen molar-refractivity contribution in [3.05, 3.63) is 69.7 Å². The zero-order valence-electron chi connectivity index (χ0n) is 18.2.